The van der Waals surface area contributed by atoms with Gasteiger partial charge in [0.2, 0.25) is 0 Å². The molecule has 1 aromatic carbocycles. The fourth-order valence-corrected chi connectivity index (χ4v) is 2.78. The Morgan fingerprint density at radius 2 is 2.32 bits per heavy atom. The molecule has 0 aromatic heterocycles. The van der Waals surface area contributed by atoms with Crippen LogP contribution < -0.4 is 0 Å². The molecule has 0 spiro atoms. The monoisotopic (exact) mass is 328 g/mol. The molecule has 1 unspecified atom stereocenters. The SMILES string of the molecule is O=C(O)C1CCCN1Cc1ccc([N+](=O)[O-])cc1Br. The van der Waals surface area contributed by atoms with Gasteiger partial charge in [-0.05, 0) is 31.0 Å². The molecule has 1 N–H and O–H groups in total. The van der Waals surface area contributed by atoms with E-state index in [-0.39, 0.29) is 5.69 Å². The molecule has 6 nitrogen and oxygen atoms in total. The summed E-state index contributed by atoms with van der Waals surface area (Å²) in [7, 11) is 0. The van der Waals surface area contributed by atoms with Crippen molar-refractivity contribution >= 4 is 27.6 Å². The first-order valence-electron chi connectivity index (χ1n) is 5.88. The zero-order valence-corrected chi connectivity index (χ0v) is 11.7. The van der Waals surface area contributed by atoms with Crippen LogP contribution in [0, 0.1) is 10.1 Å². The van der Waals surface area contributed by atoms with Gasteiger partial charge in [-0.3, -0.25) is 19.8 Å². The van der Waals surface area contributed by atoms with Crippen molar-refractivity contribution < 1.29 is 14.8 Å². The number of non-ortho nitro benzene ring substituents is 1. The molecule has 102 valence electrons. The number of nitro groups is 1. The van der Waals surface area contributed by atoms with E-state index >= 15 is 0 Å². The number of carbonyl (C=O) groups is 1. The Labute approximate surface area is 118 Å². The number of likely N-dealkylation sites (tertiary alicyclic amines) is 1. The van der Waals surface area contributed by atoms with Gasteiger partial charge in [0, 0.05) is 23.2 Å². The summed E-state index contributed by atoms with van der Waals surface area (Å²) < 4.78 is 0.637. The van der Waals surface area contributed by atoms with Crippen LogP contribution in [0.4, 0.5) is 5.69 Å². The molecule has 1 fully saturated rings. The van der Waals surface area contributed by atoms with Crippen molar-refractivity contribution in [3.05, 3.63) is 38.3 Å². The maximum absolute atomic E-state index is 11.1. The van der Waals surface area contributed by atoms with E-state index in [1.54, 1.807) is 6.07 Å². The number of benzene rings is 1. The lowest BCUT2D eigenvalue weighted by molar-refractivity contribution is -0.384. The third kappa shape index (κ3) is 3.10. The van der Waals surface area contributed by atoms with Crippen LogP contribution in [0.1, 0.15) is 18.4 Å². The Morgan fingerprint density at radius 1 is 1.58 bits per heavy atom. The highest BCUT2D eigenvalue weighted by atomic mass is 79.9. The van der Waals surface area contributed by atoms with Crippen molar-refractivity contribution in [3.8, 4) is 0 Å². The highest BCUT2D eigenvalue weighted by Gasteiger charge is 2.30. The first-order chi connectivity index (χ1) is 8.99. The minimum Gasteiger partial charge on any atom is -0.480 e. The molecule has 1 aliphatic heterocycles. The summed E-state index contributed by atoms with van der Waals surface area (Å²) >= 11 is 3.30. The van der Waals surface area contributed by atoms with E-state index < -0.39 is 16.9 Å². The maximum atomic E-state index is 11.1. The molecule has 19 heavy (non-hydrogen) atoms. The Hall–Kier alpha value is -1.47. The van der Waals surface area contributed by atoms with Gasteiger partial charge in [-0.25, -0.2) is 0 Å². The summed E-state index contributed by atoms with van der Waals surface area (Å²) in [6, 6.07) is 4.09. The van der Waals surface area contributed by atoms with Gasteiger partial charge in [-0.15, -0.1) is 0 Å². The van der Waals surface area contributed by atoms with E-state index in [4.69, 9.17) is 5.11 Å². The number of hydrogen-bond donors (Lipinski definition) is 1. The van der Waals surface area contributed by atoms with Gasteiger partial charge < -0.3 is 5.11 Å². The summed E-state index contributed by atoms with van der Waals surface area (Å²) in [5.74, 6) is -0.810. The number of hydrogen-bond acceptors (Lipinski definition) is 4. The second-order valence-corrected chi connectivity index (χ2v) is 5.35. The quantitative estimate of drug-likeness (QED) is 0.677. The molecule has 0 radical (unpaired) electrons. The fraction of sp³-hybridized carbons (Fsp3) is 0.417. The Balaban J connectivity index is 2.15. The lowest BCUT2D eigenvalue weighted by Gasteiger charge is -2.21. The molecular formula is C12H13BrN2O4. The molecule has 0 saturated carbocycles. The largest absolute Gasteiger partial charge is 0.480 e. The minimum atomic E-state index is -0.810. The van der Waals surface area contributed by atoms with Crippen LogP contribution in [-0.4, -0.2) is 33.5 Å². The Bertz CT molecular complexity index is 520. The number of aliphatic carboxylic acids is 1. The van der Waals surface area contributed by atoms with Crippen molar-refractivity contribution in [3.63, 3.8) is 0 Å². The minimum absolute atomic E-state index is 0.0202. The predicted molar refractivity (Wildman–Crippen MR) is 71.9 cm³/mol. The third-order valence-electron chi connectivity index (χ3n) is 3.27. The average Bonchev–Trinajstić information content (AvgIpc) is 2.79. The molecule has 0 bridgehead atoms. The predicted octanol–water partition coefficient (Wildman–Crippen LogP) is 2.41. The first kappa shape index (κ1) is 14.0. The second-order valence-electron chi connectivity index (χ2n) is 4.50. The summed E-state index contributed by atoms with van der Waals surface area (Å²) in [6.07, 6.45) is 1.52. The molecule has 1 aromatic rings. The van der Waals surface area contributed by atoms with Crippen LogP contribution in [0.15, 0.2) is 22.7 Å². The highest BCUT2D eigenvalue weighted by Crippen LogP contribution is 2.27. The normalized spacial score (nSPS) is 19.5. The standard InChI is InChI=1S/C12H13BrN2O4/c13-10-6-9(15(18)19)4-3-8(10)7-14-5-1-2-11(14)12(16)17/h3-4,6,11H,1-2,5,7H2,(H,16,17). The van der Waals surface area contributed by atoms with Crippen molar-refractivity contribution in [2.75, 3.05) is 6.54 Å². The highest BCUT2D eigenvalue weighted by molar-refractivity contribution is 9.10. The summed E-state index contributed by atoms with van der Waals surface area (Å²) in [5, 5.41) is 19.8. The number of halogens is 1. The molecule has 2 rings (SSSR count). The van der Waals surface area contributed by atoms with Crippen LogP contribution in [0.5, 0.6) is 0 Å². The number of carboxylic acids is 1. The first-order valence-corrected chi connectivity index (χ1v) is 6.68. The number of rotatable bonds is 4. The van der Waals surface area contributed by atoms with Gasteiger partial charge in [0.05, 0.1) is 4.92 Å². The van der Waals surface area contributed by atoms with Crippen molar-refractivity contribution in [1.82, 2.24) is 4.90 Å². The third-order valence-corrected chi connectivity index (χ3v) is 4.01. The molecule has 1 heterocycles. The smallest absolute Gasteiger partial charge is 0.320 e. The average molecular weight is 329 g/mol. The molecule has 1 atom stereocenters. The summed E-state index contributed by atoms with van der Waals surface area (Å²) in [5.41, 5.74) is 0.880. The van der Waals surface area contributed by atoms with Crippen LogP contribution in [-0.2, 0) is 11.3 Å². The number of carboxylic acid groups (broad SMARTS) is 1. The van der Waals surface area contributed by atoms with Gasteiger partial charge in [0.15, 0.2) is 0 Å². The van der Waals surface area contributed by atoms with Crippen molar-refractivity contribution in [1.29, 1.82) is 0 Å². The van der Waals surface area contributed by atoms with Gasteiger partial charge in [0.25, 0.3) is 5.69 Å². The van der Waals surface area contributed by atoms with Gasteiger partial charge >= 0.3 is 5.97 Å². The van der Waals surface area contributed by atoms with Gasteiger partial charge in [-0.2, -0.15) is 0 Å². The van der Waals surface area contributed by atoms with Gasteiger partial charge in [-0.1, -0.05) is 15.9 Å². The summed E-state index contributed by atoms with van der Waals surface area (Å²) in [4.78, 5) is 23.2. The molecule has 7 heteroatoms. The molecule has 0 aliphatic carbocycles. The van der Waals surface area contributed by atoms with Crippen LogP contribution in [0.25, 0.3) is 0 Å². The van der Waals surface area contributed by atoms with Crippen LogP contribution >= 0.6 is 15.9 Å². The molecular weight excluding hydrogens is 316 g/mol. The van der Waals surface area contributed by atoms with Gasteiger partial charge in [0.1, 0.15) is 6.04 Å². The Morgan fingerprint density at radius 3 is 2.89 bits per heavy atom. The lowest BCUT2D eigenvalue weighted by Crippen LogP contribution is -2.35. The summed E-state index contributed by atoms with van der Waals surface area (Å²) in [6.45, 7) is 1.22. The molecule has 1 aliphatic rings. The van der Waals surface area contributed by atoms with Crippen LogP contribution in [0.2, 0.25) is 0 Å². The Kier molecular flexibility index (Phi) is 4.16. The number of nitro benzene ring substituents is 1. The fourth-order valence-electron chi connectivity index (χ4n) is 2.29. The molecule has 0 amide bonds. The zero-order chi connectivity index (χ0) is 14.0. The maximum Gasteiger partial charge on any atom is 0.320 e. The van der Waals surface area contributed by atoms with Crippen LogP contribution in [0.3, 0.4) is 0 Å². The van der Waals surface area contributed by atoms with E-state index in [0.29, 0.717) is 17.4 Å². The zero-order valence-electron chi connectivity index (χ0n) is 10.1. The van der Waals surface area contributed by atoms with Crippen molar-refractivity contribution in [2.45, 2.75) is 25.4 Å². The van der Waals surface area contributed by atoms with Crippen molar-refractivity contribution in [2.24, 2.45) is 0 Å². The second kappa shape index (κ2) is 5.66. The van der Waals surface area contributed by atoms with E-state index in [1.807, 2.05) is 4.90 Å². The van der Waals surface area contributed by atoms with E-state index in [1.165, 1.54) is 12.1 Å². The van der Waals surface area contributed by atoms with E-state index in [2.05, 4.69) is 15.9 Å². The number of nitrogens with zero attached hydrogens (tertiary/aromatic N) is 2. The van der Waals surface area contributed by atoms with E-state index in [0.717, 1.165) is 18.5 Å². The lowest BCUT2D eigenvalue weighted by atomic mass is 10.1. The molecule has 1 saturated heterocycles. The topological polar surface area (TPSA) is 83.7 Å². The van der Waals surface area contributed by atoms with E-state index in [9.17, 15) is 14.9 Å².